The third-order valence-corrected chi connectivity index (χ3v) is 6.88. The van der Waals surface area contributed by atoms with Gasteiger partial charge in [-0.25, -0.2) is 28.8 Å². The zero-order valence-electron chi connectivity index (χ0n) is 29.3. The zero-order chi connectivity index (χ0) is 39.6. The van der Waals surface area contributed by atoms with Crippen LogP contribution in [0.4, 0.5) is 0 Å². The van der Waals surface area contributed by atoms with Gasteiger partial charge in [-0.1, -0.05) is 46.4 Å². The molecule has 0 aliphatic rings. The minimum absolute atomic E-state index is 0.112. The molecule has 0 bridgehead atoms. The number of esters is 8. The average Bonchev–Trinajstić information content (AvgIpc) is 3.16. The Labute approximate surface area is 302 Å². The number of carbonyl (C=O) groups excluding carboxylic acids is 8. The van der Waals surface area contributed by atoms with Gasteiger partial charge in [0.15, 0.2) is 0 Å². The largest absolute Gasteiger partial charge is 0.465 e. The molecule has 0 rings (SSSR count). The molecule has 0 aromatic rings. The van der Waals surface area contributed by atoms with Crippen molar-refractivity contribution < 1.29 is 76.3 Å². The molecule has 0 aliphatic heterocycles. The first-order valence-electron chi connectivity index (χ1n) is 15.7. The van der Waals surface area contributed by atoms with Gasteiger partial charge in [-0.3, -0.25) is 9.59 Å². The lowest BCUT2D eigenvalue weighted by Gasteiger charge is -2.31. The second-order valence-electron chi connectivity index (χ2n) is 11.4. The molecule has 0 amide bonds. The standard InChI is InChI=1S/C36H46O16/c1-8-27(37)45-18-35(19-46-28(38)9-2,20-47-29(39)10-3)24-51-33(43)16-14-26(7)15-17-34(44)52-25-36(21-48-30(40)11-4,22-49-31(41)12-5)23-50-32(42)13-6/h8-13,26H,1-6,14-25H2,7H3. The molecule has 0 saturated heterocycles. The summed E-state index contributed by atoms with van der Waals surface area (Å²) in [6, 6.07) is 0. The van der Waals surface area contributed by atoms with E-state index in [9.17, 15) is 38.4 Å². The third-order valence-electron chi connectivity index (χ3n) is 6.88. The molecule has 0 fully saturated rings. The normalized spacial score (nSPS) is 10.7. The Balaban J connectivity index is 5.45. The molecule has 0 unspecified atom stereocenters. The van der Waals surface area contributed by atoms with Crippen molar-refractivity contribution in [2.45, 2.75) is 32.6 Å². The predicted octanol–water partition coefficient (Wildman–Crippen LogP) is 2.62. The van der Waals surface area contributed by atoms with Crippen molar-refractivity contribution in [2.24, 2.45) is 16.7 Å². The van der Waals surface area contributed by atoms with Crippen LogP contribution < -0.4 is 0 Å². The van der Waals surface area contributed by atoms with Crippen LogP contribution in [0.25, 0.3) is 0 Å². The number of hydrogen-bond acceptors (Lipinski definition) is 16. The van der Waals surface area contributed by atoms with Crippen molar-refractivity contribution in [1.82, 2.24) is 0 Å². The van der Waals surface area contributed by atoms with Crippen molar-refractivity contribution in [1.29, 1.82) is 0 Å². The maximum atomic E-state index is 12.7. The second kappa shape index (κ2) is 25.2. The molecule has 0 spiro atoms. The molecular formula is C36H46O16. The van der Waals surface area contributed by atoms with E-state index in [0.29, 0.717) is 0 Å². The van der Waals surface area contributed by atoms with E-state index in [1.807, 2.05) is 0 Å². The van der Waals surface area contributed by atoms with Crippen molar-refractivity contribution >= 4 is 47.8 Å². The molecule has 16 heteroatoms. The van der Waals surface area contributed by atoms with E-state index in [4.69, 9.17) is 37.9 Å². The molecule has 0 aliphatic carbocycles. The first-order chi connectivity index (χ1) is 24.6. The Morgan fingerprint density at radius 3 is 0.788 bits per heavy atom. The molecule has 0 aromatic carbocycles. The van der Waals surface area contributed by atoms with E-state index in [1.54, 1.807) is 6.92 Å². The summed E-state index contributed by atoms with van der Waals surface area (Å²) >= 11 is 0. The highest BCUT2D eigenvalue weighted by atomic mass is 16.6. The van der Waals surface area contributed by atoms with Crippen LogP contribution in [0.2, 0.25) is 0 Å². The average molecular weight is 735 g/mol. The highest BCUT2D eigenvalue weighted by Gasteiger charge is 2.39. The van der Waals surface area contributed by atoms with Gasteiger partial charge < -0.3 is 37.9 Å². The van der Waals surface area contributed by atoms with Crippen molar-refractivity contribution in [3.8, 4) is 0 Å². The van der Waals surface area contributed by atoms with E-state index in [1.165, 1.54) is 0 Å². The fraction of sp³-hybridized carbons (Fsp3) is 0.444. The molecule has 0 radical (unpaired) electrons. The smallest absolute Gasteiger partial charge is 0.330 e. The molecular weight excluding hydrogens is 688 g/mol. The lowest BCUT2D eigenvalue weighted by Crippen LogP contribution is -2.43. The van der Waals surface area contributed by atoms with Gasteiger partial charge in [0.1, 0.15) is 63.7 Å². The zero-order valence-corrected chi connectivity index (χ0v) is 29.3. The van der Waals surface area contributed by atoms with E-state index in [-0.39, 0.29) is 31.6 Å². The molecule has 16 nitrogen and oxygen atoms in total. The third kappa shape index (κ3) is 20.0. The lowest BCUT2D eigenvalue weighted by molar-refractivity contribution is -0.169. The molecule has 286 valence electrons. The van der Waals surface area contributed by atoms with Crippen LogP contribution in [-0.2, 0) is 76.3 Å². The molecule has 52 heavy (non-hydrogen) atoms. The Hall–Kier alpha value is -5.80. The predicted molar refractivity (Wildman–Crippen MR) is 181 cm³/mol. The fourth-order valence-corrected chi connectivity index (χ4v) is 3.68. The van der Waals surface area contributed by atoms with Crippen LogP contribution in [0.3, 0.4) is 0 Å². The fourth-order valence-electron chi connectivity index (χ4n) is 3.68. The van der Waals surface area contributed by atoms with Gasteiger partial charge >= 0.3 is 47.8 Å². The molecule has 0 aromatic heterocycles. The monoisotopic (exact) mass is 734 g/mol. The topological polar surface area (TPSA) is 210 Å². The van der Waals surface area contributed by atoms with E-state index >= 15 is 0 Å². The van der Waals surface area contributed by atoms with Crippen molar-refractivity contribution in [3.63, 3.8) is 0 Å². The highest BCUT2D eigenvalue weighted by Crippen LogP contribution is 2.24. The first-order valence-corrected chi connectivity index (χ1v) is 15.7. The molecule has 0 atom stereocenters. The number of ether oxygens (including phenoxy) is 8. The van der Waals surface area contributed by atoms with Crippen LogP contribution in [0.1, 0.15) is 32.6 Å². The minimum atomic E-state index is -1.49. The lowest BCUT2D eigenvalue weighted by atomic mass is 9.92. The van der Waals surface area contributed by atoms with Gasteiger partial charge in [0.05, 0.1) is 0 Å². The number of carbonyl (C=O) groups is 8. The van der Waals surface area contributed by atoms with Gasteiger partial charge in [-0.15, -0.1) is 0 Å². The Morgan fingerprint density at radius 2 is 0.596 bits per heavy atom. The minimum Gasteiger partial charge on any atom is -0.465 e. The van der Waals surface area contributed by atoms with Crippen LogP contribution in [0.15, 0.2) is 75.9 Å². The van der Waals surface area contributed by atoms with Gasteiger partial charge in [-0.2, -0.15) is 0 Å². The summed E-state index contributed by atoms with van der Waals surface area (Å²) in [4.78, 5) is 96.0. The van der Waals surface area contributed by atoms with E-state index < -0.39 is 111 Å². The summed E-state index contributed by atoms with van der Waals surface area (Å²) in [7, 11) is 0. The Kier molecular flexibility index (Phi) is 22.4. The summed E-state index contributed by atoms with van der Waals surface area (Å²) in [5, 5.41) is 0. The van der Waals surface area contributed by atoms with Gasteiger partial charge in [0, 0.05) is 49.3 Å². The van der Waals surface area contributed by atoms with E-state index in [0.717, 1.165) is 36.5 Å². The molecule has 0 N–H and O–H groups in total. The maximum absolute atomic E-state index is 12.7. The van der Waals surface area contributed by atoms with Crippen molar-refractivity contribution in [3.05, 3.63) is 75.9 Å². The van der Waals surface area contributed by atoms with Crippen LogP contribution in [-0.4, -0.2) is 101 Å². The SMILES string of the molecule is C=CC(=O)OCC(COC(=O)C=C)(COC(=O)C=C)COC(=O)CCC(C)CCC(=O)OCC(COC(=O)C=C)(COC(=O)C=C)COC(=O)C=C. The molecule has 0 saturated carbocycles. The van der Waals surface area contributed by atoms with Crippen molar-refractivity contribution in [2.75, 3.05) is 52.9 Å². The Bertz CT molecular complexity index is 1120. The summed E-state index contributed by atoms with van der Waals surface area (Å²) in [6.45, 7) is 17.7. The maximum Gasteiger partial charge on any atom is 0.330 e. The van der Waals surface area contributed by atoms with Crippen LogP contribution in [0, 0.1) is 16.7 Å². The van der Waals surface area contributed by atoms with Gasteiger partial charge in [0.25, 0.3) is 0 Å². The van der Waals surface area contributed by atoms with Gasteiger partial charge in [-0.05, 0) is 18.8 Å². The first kappa shape index (κ1) is 46.2. The van der Waals surface area contributed by atoms with E-state index in [2.05, 4.69) is 39.5 Å². The second-order valence-corrected chi connectivity index (χ2v) is 11.4. The summed E-state index contributed by atoms with van der Waals surface area (Å²) in [5.41, 5.74) is -2.98. The highest BCUT2D eigenvalue weighted by molar-refractivity contribution is 5.83. The number of rotatable bonds is 28. The Morgan fingerprint density at radius 1 is 0.404 bits per heavy atom. The van der Waals surface area contributed by atoms with Gasteiger partial charge in [0.2, 0.25) is 0 Å². The van der Waals surface area contributed by atoms with Crippen LogP contribution >= 0.6 is 0 Å². The summed E-state index contributed by atoms with van der Waals surface area (Å²) < 4.78 is 41.4. The summed E-state index contributed by atoms with van der Waals surface area (Å²) in [5.74, 6) is -6.58. The summed E-state index contributed by atoms with van der Waals surface area (Å²) in [6.07, 6.45) is 5.62. The molecule has 0 heterocycles. The quantitative estimate of drug-likeness (QED) is 0.0642. The number of hydrogen-bond donors (Lipinski definition) is 0. The van der Waals surface area contributed by atoms with Crippen LogP contribution in [0.5, 0.6) is 0 Å².